The van der Waals surface area contributed by atoms with Crippen LogP contribution >= 0.6 is 0 Å². The smallest absolute Gasteiger partial charge is 0.268 e. The maximum atomic E-state index is 12.5. The van der Waals surface area contributed by atoms with Gasteiger partial charge in [-0.3, -0.25) is 14.5 Å². The molecule has 1 N–H and O–H groups in total. The molecule has 0 saturated carbocycles. The van der Waals surface area contributed by atoms with E-state index in [0.29, 0.717) is 5.82 Å². The van der Waals surface area contributed by atoms with E-state index in [2.05, 4.69) is 6.58 Å². The molecular formula is C20H18N2O3. The molecule has 0 atom stereocenters. The Morgan fingerprint density at radius 2 is 1.76 bits per heavy atom. The molecule has 0 spiro atoms. The van der Waals surface area contributed by atoms with Crippen LogP contribution in [0.25, 0.3) is 16.8 Å². The third-order valence-electron chi connectivity index (χ3n) is 4.32. The van der Waals surface area contributed by atoms with Gasteiger partial charge in [0.05, 0.1) is 0 Å². The first-order valence-corrected chi connectivity index (χ1v) is 7.76. The lowest BCUT2D eigenvalue weighted by molar-refractivity contribution is -0.129. The van der Waals surface area contributed by atoms with Gasteiger partial charge in [0.15, 0.2) is 5.78 Å². The Morgan fingerprint density at radius 3 is 2.52 bits per heavy atom. The number of ketones is 1. The normalized spacial score (nSPS) is 15.6. The first kappa shape index (κ1) is 16.5. The first-order valence-electron chi connectivity index (χ1n) is 7.76. The molecule has 0 saturated heterocycles. The maximum Gasteiger partial charge on any atom is 0.268 e. The zero-order chi connectivity index (χ0) is 18.1. The van der Waals surface area contributed by atoms with E-state index in [1.54, 1.807) is 13.1 Å². The Kier molecular flexibility index (Phi) is 4.15. The number of aliphatic hydroxyl groups is 1. The summed E-state index contributed by atoms with van der Waals surface area (Å²) in [7, 11) is 3.05. The summed E-state index contributed by atoms with van der Waals surface area (Å²) in [5, 5.41) is 12.2. The summed E-state index contributed by atoms with van der Waals surface area (Å²) in [4.78, 5) is 27.4. The van der Waals surface area contributed by atoms with Crippen molar-refractivity contribution in [1.29, 1.82) is 0 Å². The highest BCUT2D eigenvalue weighted by Crippen LogP contribution is 2.24. The lowest BCUT2D eigenvalue weighted by atomic mass is 10.0. The zero-order valence-electron chi connectivity index (χ0n) is 14.1. The van der Waals surface area contributed by atoms with Crippen molar-refractivity contribution in [3.05, 3.63) is 78.0 Å². The Hall–Kier alpha value is -3.34. The lowest BCUT2D eigenvalue weighted by Crippen LogP contribution is -2.42. The molecule has 25 heavy (non-hydrogen) atoms. The number of fused-ring (bicyclic) bond motifs is 1. The molecule has 2 aromatic carbocycles. The minimum absolute atomic E-state index is 0.270. The van der Waals surface area contributed by atoms with Gasteiger partial charge in [0, 0.05) is 14.1 Å². The van der Waals surface area contributed by atoms with Gasteiger partial charge in [0.1, 0.15) is 11.4 Å². The third kappa shape index (κ3) is 2.80. The number of carbonyl (C=O) groups excluding carboxylic acids is 2. The summed E-state index contributed by atoms with van der Waals surface area (Å²) in [6.45, 7) is 3.71. The van der Waals surface area contributed by atoms with E-state index in [9.17, 15) is 14.7 Å². The summed E-state index contributed by atoms with van der Waals surface area (Å²) < 4.78 is 0. The summed E-state index contributed by atoms with van der Waals surface area (Å²) in [6, 6.07) is 13.6. The van der Waals surface area contributed by atoms with Crippen LogP contribution in [0, 0.1) is 0 Å². The van der Waals surface area contributed by atoms with Crippen LogP contribution < -0.4 is 0 Å². The molecule has 0 bridgehead atoms. The van der Waals surface area contributed by atoms with Crippen molar-refractivity contribution in [3.63, 3.8) is 0 Å². The minimum atomic E-state index is -0.576. The van der Waals surface area contributed by atoms with Gasteiger partial charge in [0.25, 0.3) is 5.91 Å². The summed E-state index contributed by atoms with van der Waals surface area (Å²) >= 11 is 0. The second-order valence-electron chi connectivity index (χ2n) is 5.80. The molecule has 5 heteroatoms. The molecule has 5 nitrogen and oxygen atoms in total. The Labute approximate surface area is 145 Å². The van der Waals surface area contributed by atoms with E-state index in [4.69, 9.17) is 0 Å². The zero-order valence-corrected chi connectivity index (χ0v) is 14.1. The molecule has 1 aliphatic rings. The van der Waals surface area contributed by atoms with Gasteiger partial charge >= 0.3 is 0 Å². The molecule has 0 aliphatic carbocycles. The fourth-order valence-corrected chi connectivity index (χ4v) is 2.76. The first-order chi connectivity index (χ1) is 11.9. The number of rotatable bonds is 3. The quantitative estimate of drug-likeness (QED) is 0.692. The topological polar surface area (TPSA) is 60.9 Å². The van der Waals surface area contributed by atoms with Crippen LogP contribution in [-0.4, -0.2) is 40.7 Å². The van der Waals surface area contributed by atoms with E-state index in [-0.39, 0.29) is 11.5 Å². The number of aliphatic hydroxyl groups excluding tert-OH is 1. The van der Waals surface area contributed by atoms with E-state index in [0.717, 1.165) is 16.3 Å². The van der Waals surface area contributed by atoms with Crippen molar-refractivity contribution in [2.75, 3.05) is 14.1 Å². The van der Waals surface area contributed by atoms with Gasteiger partial charge in [-0.1, -0.05) is 55.1 Å². The van der Waals surface area contributed by atoms with Crippen LogP contribution in [0.3, 0.4) is 0 Å². The van der Waals surface area contributed by atoms with Crippen LogP contribution in [0.1, 0.15) is 5.56 Å². The van der Waals surface area contributed by atoms with Gasteiger partial charge in [0.2, 0.25) is 5.88 Å². The van der Waals surface area contributed by atoms with E-state index < -0.39 is 11.7 Å². The van der Waals surface area contributed by atoms with E-state index >= 15 is 0 Å². The van der Waals surface area contributed by atoms with Crippen molar-refractivity contribution in [1.82, 2.24) is 9.80 Å². The average Bonchev–Trinajstić information content (AvgIpc) is 2.63. The number of benzene rings is 2. The molecule has 0 fully saturated rings. The molecule has 2 aromatic rings. The third-order valence-corrected chi connectivity index (χ3v) is 4.32. The van der Waals surface area contributed by atoms with Crippen LogP contribution in [0.15, 0.2) is 72.4 Å². The molecule has 126 valence electrons. The van der Waals surface area contributed by atoms with Crippen LogP contribution in [0.4, 0.5) is 0 Å². The monoisotopic (exact) mass is 334 g/mol. The number of hydrogen-bond acceptors (Lipinski definition) is 4. The number of amides is 1. The second-order valence-corrected chi connectivity index (χ2v) is 5.80. The average molecular weight is 334 g/mol. The molecule has 0 radical (unpaired) electrons. The molecule has 1 aliphatic heterocycles. The number of nitrogens with zero attached hydrogens (tertiary/aromatic N) is 2. The van der Waals surface area contributed by atoms with Crippen LogP contribution in [0.2, 0.25) is 0 Å². The summed E-state index contributed by atoms with van der Waals surface area (Å²) in [6.07, 6.45) is 2.96. The molecule has 3 rings (SSSR count). The molecule has 0 unspecified atom stereocenters. The van der Waals surface area contributed by atoms with Gasteiger partial charge in [-0.05, 0) is 22.4 Å². The second kappa shape index (κ2) is 6.28. The Morgan fingerprint density at radius 1 is 1.08 bits per heavy atom. The number of hydrogen-bond donors (Lipinski definition) is 1. The molecule has 1 heterocycles. The molecule has 1 amide bonds. The molecular weight excluding hydrogens is 316 g/mol. The highest BCUT2D eigenvalue weighted by atomic mass is 16.3. The Bertz CT molecular complexity index is 951. The standard InChI is InChI=1S/C20H18N2O3/c1-13-21(2)19(24)18(20(25)22(13)3)17(23)12-11-15-9-6-8-14-7-4-5-10-16(14)15/h4-12,24H,1H2,2-3H3/b12-11+. The van der Waals surface area contributed by atoms with Crippen molar-refractivity contribution in [2.24, 2.45) is 0 Å². The van der Waals surface area contributed by atoms with Gasteiger partial charge in [-0.25, -0.2) is 0 Å². The van der Waals surface area contributed by atoms with Crippen LogP contribution in [0.5, 0.6) is 0 Å². The van der Waals surface area contributed by atoms with Crippen molar-refractivity contribution >= 4 is 28.5 Å². The number of likely N-dealkylation sites (N-methyl/N-ethyl adjacent to an activating group) is 1. The SMILES string of the molecule is C=C1N(C)C(=O)C(C(=O)/C=C/c2cccc3ccccc23)=C(O)N1C. The lowest BCUT2D eigenvalue weighted by Gasteiger charge is -2.33. The van der Waals surface area contributed by atoms with E-state index in [1.165, 1.54) is 22.9 Å². The highest BCUT2D eigenvalue weighted by molar-refractivity contribution is 6.25. The van der Waals surface area contributed by atoms with E-state index in [1.807, 2.05) is 42.5 Å². The van der Waals surface area contributed by atoms with Crippen LogP contribution in [-0.2, 0) is 9.59 Å². The largest absolute Gasteiger partial charge is 0.494 e. The fraction of sp³-hybridized carbons (Fsp3) is 0.100. The van der Waals surface area contributed by atoms with Crippen molar-refractivity contribution in [2.45, 2.75) is 0 Å². The predicted molar refractivity (Wildman–Crippen MR) is 97.3 cm³/mol. The minimum Gasteiger partial charge on any atom is -0.494 e. The van der Waals surface area contributed by atoms with Crippen molar-refractivity contribution < 1.29 is 14.7 Å². The number of allylic oxidation sites excluding steroid dienone is 1. The molecule has 0 aromatic heterocycles. The van der Waals surface area contributed by atoms with Gasteiger partial charge < -0.3 is 10.0 Å². The summed E-state index contributed by atoms with van der Waals surface area (Å²) in [5.74, 6) is -1.22. The van der Waals surface area contributed by atoms with Gasteiger partial charge in [-0.15, -0.1) is 0 Å². The van der Waals surface area contributed by atoms with Gasteiger partial charge in [-0.2, -0.15) is 0 Å². The number of carbonyl (C=O) groups is 2. The fourth-order valence-electron chi connectivity index (χ4n) is 2.76. The predicted octanol–water partition coefficient (Wildman–Crippen LogP) is 3.07. The summed E-state index contributed by atoms with van der Waals surface area (Å²) in [5.41, 5.74) is 0.592. The highest BCUT2D eigenvalue weighted by Gasteiger charge is 2.34. The Balaban J connectivity index is 1.97. The maximum absolute atomic E-state index is 12.5. The van der Waals surface area contributed by atoms with Crippen molar-refractivity contribution in [3.8, 4) is 0 Å².